The number of nitrogens with one attached hydrogen (secondary N) is 1. The first-order chi connectivity index (χ1) is 17.9. The van der Waals surface area contributed by atoms with Crippen LogP contribution in [0.5, 0.6) is 5.75 Å². The molecule has 2 N–H and O–H groups in total. The van der Waals surface area contributed by atoms with Gasteiger partial charge in [-0.15, -0.1) is 0 Å². The van der Waals surface area contributed by atoms with Gasteiger partial charge < -0.3 is 19.9 Å². The Morgan fingerprint density at radius 1 is 1.11 bits per heavy atom. The predicted molar refractivity (Wildman–Crippen MR) is 145 cm³/mol. The van der Waals surface area contributed by atoms with Gasteiger partial charge in [0.25, 0.3) is 0 Å². The monoisotopic (exact) mass is 545 g/mol. The molecule has 10 heteroatoms. The third-order valence-corrected chi connectivity index (χ3v) is 7.66. The van der Waals surface area contributed by atoms with Crippen molar-refractivity contribution in [3.63, 3.8) is 0 Å². The number of hydrogen-bond donors (Lipinski definition) is 2. The zero-order valence-electron chi connectivity index (χ0n) is 22.8. The zero-order chi connectivity index (χ0) is 28.3. The number of hydrogen-bond acceptors (Lipinski definition) is 7. The summed E-state index contributed by atoms with van der Waals surface area (Å²) in [5.74, 6) is 0.378. The molecule has 0 fully saturated rings. The minimum absolute atomic E-state index is 0.0534. The molecule has 2 aromatic carbocycles. The van der Waals surface area contributed by atoms with Crippen molar-refractivity contribution in [3.8, 4) is 11.8 Å². The van der Waals surface area contributed by atoms with Crippen LogP contribution in [0.25, 0.3) is 0 Å². The highest BCUT2D eigenvalue weighted by Crippen LogP contribution is 2.23. The highest BCUT2D eigenvalue weighted by molar-refractivity contribution is 7.89. The Balaban J connectivity index is 2.36. The molecule has 0 radical (unpaired) electrons. The summed E-state index contributed by atoms with van der Waals surface area (Å²) in [6, 6.07) is 16.6. The average Bonchev–Trinajstić information content (AvgIpc) is 2.86. The van der Waals surface area contributed by atoms with Gasteiger partial charge in [-0.2, -0.15) is 9.57 Å². The number of methoxy groups -OCH3 is 1. The lowest BCUT2D eigenvalue weighted by atomic mass is 10.0. The number of sulfonamides is 1. The molecule has 9 nitrogen and oxygen atoms in total. The Bertz CT molecular complexity index is 1160. The summed E-state index contributed by atoms with van der Waals surface area (Å²) in [5.41, 5.74) is 0.117. The molecule has 1 unspecified atom stereocenters. The molecule has 0 spiro atoms. The number of aliphatic hydroxyl groups is 1. The van der Waals surface area contributed by atoms with E-state index in [1.165, 1.54) is 23.5 Å². The summed E-state index contributed by atoms with van der Waals surface area (Å²) in [6.07, 6.45) is -0.896. The predicted octanol–water partition coefficient (Wildman–Crippen LogP) is 4.12. The highest BCUT2D eigenvalue weighted by Gasteiger charge is 2.32. The fraction of sp³-hybridized carbons (Fsp3) is 0.500. The molecule has 0 saturated carbocycles. The van der Waals surface area contributed by atoms with Crippen molar-refractivity contribution in [2.24, 2.45) is 5.92 Å². The van der Waals surface area contributed by atoms with Gasteiger partial charge in [-0.1, -0.05) is 37.3 Å². The fourth-order valence-electron chi connectivity index (χ4n) is 3.86. The van der Waals surface area contributed by atoms with Crippen LogP contribution in [0.4, 0.5) is 4.79 Å². The molecule has 2 rings (SSSR count). The Morgan fingerprint density at radius 2 is 1.74 bits per heavy atom. The first kappa shape index (κ1) is 31.1. The lowest BCUT2D eigenvalue weighted by Gasteiger charge is -2.31. The first-order valence-electron chi connectivity index (χ1n) is 12.6. The van der Waals surface area contributed by atoms with Gasteiger partial charge in [0.15, 0.2) is 0 Å². The van der Waals surface area contributed by atoms with Crippen LogP contribution in [0, 0.1) is 17.2 Å². The Labute approximate surface area is 226 Å². The molecule has 0 saturated heterocycles. The van der Waals surface area contributed by atoms with E-state index in [2.05, 4.69) is 11.4 Å². The van der Waals surface area contributed by atoms with Gasteiger partial charge in [-0.05, 0) is 69.4 Å². The Morgan fingerprint density at radius 3 is 2.29 bits per heavy atom. The van der Waals surface area contributed by atoms with Gasteiger partial charge in [0.2, 0.25) is 10.0 Å². The number of nitriles is 1. The number of amides is 1. The van der Waals surface area contributed by atoms with Gasteiger partial charge in [0.05, 0.1) is 30.2 Å². The molecule has 0 aromatic heterocycles. The Kier molecular flexibility index (Phi) is 11.6. The SMILES string of the molecule is COc1ccc(S(=O)(=O)N(CC(C)CCC#N)C[C@@H](O)[C@H](Cc2ccccc2)NC(=O)OC(C)(C)C)cc1. The van der Waals surface area contributed by atoms with Crippen molar-refractivity contribution in [1.29, 1.82) is 5.26 Å². The lowest BCUT2D eigenvalue weighted by Crippen LogP contribution is -2.52. The molecule has 0 bridgehead atoms. The molecule has 208 valence electrons. The lowest BCUT2D eigenvalue weighted by molar-refractivity contribution is 0.0399. The van der Waals surface area contributed by atoms with Crippen molar-refractivity contribution in [1.82, 2.24) is 9.62 Å². The van der Waals surface area contributed by atoms with Gasteiger partial charge >= 0.3 is 6.09 Å². The van der Waals surface area contributed by atoms with Crippen LogP contribution in [0.1, 0.15) is 46.1 Å². The molecule has 0 heterocycles. The third-order valence-electron chi connectivity index (χ3n) is 5.82. The molecular weight excluding hydrogens is 506 g/mol. The van der Waals surface area contributed by atoms with E-state index in [1.807, 2.05) is 37.3 Å². The molecule has 38 heavy (non-hydrogen) atoms. The van der Waals surface area contributed by atoms with E-state index >= 15 is 0 Å². The molecule has 0 aliphatic heterocycles. The number of carbonyl (C=O) groups excluding carboxylic acids is 1. The number of carbonyl (C=O) groups is 1. The maximum atomic E-state index is 13.7. The summed E-state index contributed by atoms with van der Waals surface area (Å²) in [7, 11) is -2.52. The van der Waals surface area contributed by atoms with Crippen molar-refractivity contribution in [2.75, 3.05) is 20.2 Å². The smallest absolute Gasteiger partial charge is 0.407 e. The van der Waals surface area contributed by atoms with Crippen LogP contribution >= 0.6 is 0 Å². The molecule has 2 aromatic rings. The van der Waals surface area contributed by atoms with Gasteiger partial charge in [-0.25, -0.2) is 13.2 Å². The number of ether oxygens (including phenoxy) is 2. The fourth-order valence-corrected chi connectivity index (χ4v) is 5.44. The van der Waals surface area contributed by atoms with Gasteiger partial charge in [-0.3, -0.25) is 0 Å². The minimum atomic E-state index is -4.01. The summed E-state index contributed by atoms with van der Waals surface area (Å²) in [5, 5.41) is 23.0. The van der Waals surface area contributed by atoms with Crippen molar-refractivity contribution < 1.29 is 27.8 Å². The van der Waals surface area contributed by atoms with Crippen molar-refractivity contribution in [3.05, 3.63) is 60.2 Å². The molecule has 1 amide bonds. The standard InChI is InChI=1S/C28H39N3O6S/c1-21(10-9-17-29)19-31(38(34,35)24-15-13-23(36-5)14-16-24)20-26(32)25(18-22-11-7-6-8-12-22)30-27(33)37-28(2,3)4/h6-8,11-16,21,25-26,32H,9-10,18-20H2,1-5H3,(H,30,33)/t21?,25-,26+/m0/s1. The van der Waals surface area contributed by atoms with E-state index < -0.39 is 33.9 Å². The number of nitrogens with zero attached hydrogens (tertiary/aromatic N) is 2. The number of alkyl carbamates (subject to hydrolysis) is 1. The second-order valence-electron chi connectivity index (χ2n) is 10.3. The van der Waals surface area contributed by atoms with Crippen molar-refractivity contribution >= 4 is 16.1 Å². The summed E-state index contributed by atoms with van der Waals surface area (Å²) >= 11 is 0. The summed E-state index contributed by atoms with van der Waals surface area (Å²) in [6.45, 7) is 6.90. The maximum Gasteiger partial charge on any atom is 0.407 e. The van der Waals surface area contributed by atoms with Gasteiger partial charge in [0, 0.05) is 19.5 Å². The van der Waals surface area contributed by atoms with E-state index in [1.54, 1.807) is 32.9 Å². The van der Waals surface area contributed by atoms with E-state index in [-0.39, 0.29) is 36.7 Å². The quantitative estimate of drug-likeness (QED) is 0.387. The van der Waals surface area contributed by atoms with Crippen LogP contribution < -0.4 is 10.1 Å². The summed E-state index contributed by atoms with van der Waals surface area (Å²) < 4.78 is 39.1. The number of aliphatic hydroxyl groups excluding tert-OH is 1. The minimum Gasteiger partial charge on any atom is -0.497 e. The molecule has 0 aliphatic carbocycles. The molecular formula is C28H39N3O6S. The van der Waals surface area contributed by atoms with Gasteiger partial charge in [0.1, 0.15) is 11.4 Å². The zero-order valence-corrected chi connectivity index (χ0v) is 23.6. The Hall–Kier alpha value is -3.13. The van der Waals surface area contributed by atoms with E-state index in [0.717, 1.165) is 5.56 Å². The first-order valence-corrected chi connectivity index (χ1v) is 14.0. The molecule has 3 atom stereocenters. The van der Waals surface area contributed by atoms with Crippen LogP contribution in [-0.2, 0) is 21.2 Å². The third kappa shape index (κ3) is 9.97. The second kappa shape index (κ2) is 14.1. The van der Waals surface area contributed by atoms with Crippen LogP contribution in [-0.4, -0.2) is 61.9 Å². The number of rotatable bonds is 13. The maximum absolute atomic E-state index is 13.7. The highest BCUT2D eigenvalue weighted by atomic mass is 32.2. The normalized spacial score (nSPS) is 14.3. The number of benzene rings is 2. The average molecular weight is 546 g/mol. The van der Waals surface area contributed by atoms with E-state index in [9.17, 15) is 18.3 Å². The topological polar surface area (TPSA) is 129 Å². The summed E-state index contributed by atoms with van der Waals surface area (Å²) in [4.78, 5) is 12.7. The van der Waals surface area contributed by atoms with Crippen LogP contribution in [0.15, 0.2) is 59.5 Å². The van der Waals surface area contributed by atoms with E-state index in [4.69, 9.17) is 14.7 Å². The van der Waals surface area contributed by atoms with Crippen molar-refractivity contribution in [2.45, 2.75) is 69.6 Å². The second-order valence-corrected chi connectivity index (χ2v) is 12.2. The van der Waals surface area contributed by atoms with E-state index in [0.29, 0.717) is 12.2 Å². The van der Waals surface area contributed by atoms with Crippen LogP contribution in [0.2, 0.25) is 0 Å². The largest absolute Gasteiger partial charge is 0.497 e. The van der Waals surface area contributed by atoms with Crippen LogP contribution in [0.3, 0.4) is 0 Å². The molecule has 0 aliphatic rings.